The van der Waals surface area contributed by atoms with Crippen LogP contribution in [-0.2, 0) is 0 Å². The third kappa shape index (κ3) is 6.00. The lowest BCUT2D eigenvalue weighted by Crippen LogP contribution is -1.90. The normalized spacial score (nSPS) is 11.5. The van der Waals surface area contributed by atoms with E-state index in [1.807, 2.05) is 11.3 Å². The quantitative estimate of drug-likeness (QED) is 0.587. The molecule has 0 radical (unpaired) electrons. The van der Waals surface area contributed by atoms with Crippen LogP contribution in [0.2, 0.25) is 0 Å². The predicted octanol–water partition coefficient (Wildman–Crippen LogP) is 7.09. The summed E-state index contributed by atoms with van der Waals surface area (Å²) in [6, 6.07) is 0. The summed E-state index contributed by atoms with van der Waals surface area (Å²) >= 11 is 3.64. The number of rotatable bonds is 4. The highest BCUT2D eigenvalue weighted by Gasteiger charge is 2.12. The van der Waals surface area contributed by atoms with Crippen molar-refractivity contribution in [1.82, 2.24) is 9.97 Å². The van der Waals surface area contributed by atoms with Crippen molar-refractivity contribution < 1.29 is 0 Å². The first-order valence-corrected chi connectivity index (χ1v) is 10.3. The van der Waals surface area contributed by atoms with Gasteiger partial charge in [0.1, 0.15) is 0 Å². The van der Waals surface area contributed by atoms with Crippen LogP contribution in [0.15, 0.2) is 5.38 Å². The highest BCUT2D eigenvalue weighted by Crippen LogP contribution is 2.29. The van der Waals surface area contributed by atoms with Gasteiger partial charge in [-0.25, -0.2) is 9.97 Å². The smallest absolute Gasteiger partial charge is 0.0956 e. The van der Waals surface area contributed by atoms with Crippen LogP contribution >= 0.6 is 22.7 Å². The summed E-state index contributed by atoms with van der Waals surface area (Å²) in [6.45, 7) is 19.7. The van der Waals surface area contributed by atoms with Crippen LogP contribution in [0.3, 0.4) is 0 Å². The second kappa shape index (κ2) is 8.93. The molecule has 0 aliphatic rings. The Morgan fingerprint density at radius 1 is 0.739 bits per heavy atom. The fourth-order valence-electron chi connectivity index (χ4n) is 2.04. The third-order valence-electron chi connectivity index (χ3n) is 3.49. The first-order valence-electron chi connectivity index (χ1n) is 8.55. The molecule has 2 aromatic heterocycles. The average Bonchev–Trinajstić information content (AvgIpc) is 3.05. The topological polar surface area (TPSA) is 25.8 Å². The van der Waals surface area contributed by atoms with E-state index in [0.717, 1.165) is 0 Å². The summed E-state index contributed by atoms with van der Waals surface area (Å²) in [4.78, 5) is 10.5. The Balaban J connectivity index is 0.000000231. The summed E-state index contributed by atoms with van der Waals surface area (Å²) in [6.07, 6.45) is 0. The molecular weight excluding hydrogens is 320 g/mol. The fourth-order valence-corrected chi connectivity index (χ4v) is 4.11. The second-order valence-corrected chi connectivity index (χ2v) is 9.18. The summed E-state index contributed by atoms with van der Waals surface area (Å²) < 4.78 is 0. The van der Waals surface area contributed by atoms with E-state index >= 15 is 0 Å². The van der Waals surface area contributed by atoms with Crippen molar-refractivity contribution >= 4 is 22.7 Å². The van der Waals surface area contributed by atoms with E-state index in [9.17, 15) is 0 Å². The SMILES string of the molecule is CC(C)c1csc(C(C)C)n1.Cc1nc(C(C)C)sc1C(C)C. The molecule has 0 N–H and O–H groups in total. The molecule has 0 aromatic carbocycles. The van der Waals surface area contributed by atoms with Gasteiger partial charge in [-0.05, 0) is 18.8 Å². The summed E-state index contributed by atoms with van der Waals surface area (Å²) in [5.41, 5.74) is 2.46. The van der Waals surface area contributed by atoms with Gasteiger partial charge in [-0.3, -0.25) is 0 Å². The van der Waals surface area contributed by atoms with Gasteiger partial charge < -0.3 is 0 Å². The number of nitrogens with zero attached hydrogens (tertiary/aromatic N) is 2. The highest BCUT2D eigenvalue weighted by molar-refractivity contribution is 7.12. The molecule has 0 amide bonds. The van der Waals surface area contributed by atoms with Crippen LogP contribution in [-0.4, -0.2) is 9.97 Å². The number of hydrogen-bond donors (Lipinski definition) is 0. The predicted molar refractivity (Wildman–Crippen MR) is 105 cm³/mol. The summed E-state index contributed by atoms with van der Waals surface area (Å²) in [5, 5.41) is 4.70. The molecule has 0 saturated carbocycles. The van der Waals surface area contributed by atoms with Crippen molar-refractivity contribution in [3.05, 3.63) is 31.7 Å². The van der Waals surface area contributed by atoms with Crippen LogP contribution in [0, 0.1) is 6.92 Å². The molecule has 0 saturated heterocycles. The lowest BCUT2D eigenvalue weighted by molar-refractivity contribution is 0.793. The molecule has 0 fully saturated rings. The number of aryl methyl sites for hydroxylation is 1. The number of hydrogen-bond acceptors (Lipinski definition) is 4. The van der Waals surface area contributed by atoms with Gasteiger partial charge in [0.25, 0.3) is 0 Å². The van der Waals surface area contributed by atoms with Gasteiger partial charge in [-0.1, -0.05) is 55.4 Å². The fraction of sp³-hybridized carbons (Fsp3) is 0.684. The van der Waals surface area contributed by atoms with Crippen LogP contribution < -0.4 is 0 Å². The maximum absolute atomic E-state index is 4.55. The lowest BCUT2D eigenvalue weighted by atomic mass is 10.1. The van der Waals surface area contributed by atoms with Crippen LogP contribution in [0.25, 0.3) is 0 Å². The minimum Gasteiger partial charge on any atom is -0.246 e. The Labute approximate surface area is 150 Å². The molecule has 0 spiro atoms. The monoisotopic (exact) mass is 352 g/mol. The standard InChI is InChI=1S/C10H17NS.C9H15NS/c1-6(2)9-8(5)11-10(12-9)7(3)4;1-6(2)8-5-11-9(10-8)7(3)4/h6-7H,1-5H3;5-7H,1-4H3. The Morgan fingerprint density at radius 3 is 1.57 bits per heavy atom. The van der Waals surface area contributed by atoms with E-state index in [4.69, 9.17) is 0 Å². The molecule has 0 aliphatic carbocycles. The molecule has 2 nitrogen and oxygen atoms in total. The first-order chi connectivity index (χ1) is 10.6. The van der Waals surface area contributed by atoms with E-state index in [0.29, 0.717) is 23.7 Å². The first kappa shape index (κ1) is 20.3. The number of aromatic nitrogens is 2. The van der Waals surface area contributed by atoms with Gasteiger partial charge in [-0.2, -0.15) is 0 Å². The molecule has 0 atom stereocenters. The van der Waals surface area contributed by atoms with Gasteiger partial charge in [-0.15, -0.1) is 22.7 Å². The zero-order valence-electron chi connectivity index (χ0n) is 16.1. The Bertz CT molecular complexity index is 570. The van der Waals surface area contributed by atoms with E-state index in [-0.39, 0.29) is 0 Å². The minimum absolute atomic E-state index is 0.568. The summed E-state index contributed by atoms with van der Waals surface area (Å²) in [5.74, 6) is 2.34. The van der Waals surface area contributed by atoms with E-state index in [2.05, 4.69) is 77.7 Å². The third-order valence-corrected chi connectivity index (χ3v) is 6.41. The zero-order valence-corrected chi connectivity index (χ0v) is 17.7. The van der Waals surface area contributed by atoms with Gasteiger partial charge in [0.15, 0.2) is 0 Å². The molecule has 2 aromatic rings. The maximum Gasteiger partial charge on any atom is 0.0956 e. The lowest BCUT2D eigenvalue weighted by Gasteiger charge is -1.99. The Hall–Kier alpha value is -0.740. The van der Waals surface area contributed by atoms with Gasteiger partial charge in [0, 0.05) is 22.1 Å². The van der Waals surface area contributed by atoms with Crippen molar-refractivity contribution in [3.63, 3.8) is 0 Å². The van der Waals surface area contributed by atoms with Crippen molar-refractivity contribution in [1.29, 1.82) is 0 Å². The van der Waals surface area contributed by atoms with Crippen molar-refractivity contribution in [2.75, 3.05) is 0 Å². The van der Waals surface area contributed by atoms with E-state index < -0.39 is 0 Å². The summed E-state index contributed by atoms with van der Waals surface area (Å²) in [7, 11) is 0. The Kier molecular flexibility index (Phi) is 7.88. The minimum atomic E-state index is 0.568. The van der Waals surface area contributed by atoms with Crippen molar-refractivity contribution in [3.8, 4) is 0 Å². The molecule has 0 unspecified atom stereocenters. The highest BCUT2D eigenvalue weighted by atomic mass is 32.1. The van der Waals surface area contributed by atoms with Crippen LogP contribution in [0.4, 0.5) is 0 Å². The van der Waals surface area contributed by atoms with Gasteiger partial charge in [0.2, 0.25) is 0 Å². The van der Waals surface area contributed by atoms with Crippen LogP contribution in [0.1, 0.15) is 105 Å². The van der Waals surface area contributed by atoms with E-state index in [1.165, 1.54) is 26.3 Å². The molecule has 0 aliphatic heterocycles. The second-order valence-electron chi connectivity index (χ2n) is 7.23. The van der Waals surface area contributed by atoms with Crippen molar-refractivity contribution in [2.45, 2.75) is 86.0 Å². The molecule has 0 bridgehead atoms. The largest absolute Gasteiger partial charge is 0.246 e. The average molecular weight is 353 g/mol. The molecule has 130 valence electrons. The zero-order chi connectivity index (χ0) is 17.7. The molecule has 2 rings (SSSR count). The maximum atomic E-state index is 4.55. The van der Waals surface area contributed by atoms with Crippen molar-refractivity contribution in [2.24, 2.45) is 0 Å². The molecular formula is C19H32N2S2. The van der Waals surface area contributed by atoms with Gasteiger partial charge in [0.05, 0.1) is 21.4 Å². The van der Waals surface area contributed by atoms with E-state index in [1.54, 1.807) is 11.3 Å². The Morgan fingerprint density at radius 2 is 1.30 bits per heavy atom. The molecule has 4 heteroatoms. The molecule has 2 heterocycles. The number of thiazole rings is 2. The van der Waals surface area contributed by atoms with Gasteiger partial charge >= 0.3 is 0 Å². The molecule has 23 heavy (non-hydrogen) atoms. The van der Waals surface area contributed by atoms with Crippen LogP contribution in [0.5, 0.6) is 0 Å².